The summed E-state index contributed by atoms with van der Waals surface area (Å²) in [5.74, 6) is 0. The highest BCUT2D eigenvalue weighted by atomic mass is 14.8. The number of hydrogen-bond acceptors (Lipinski definition) is 3. The van der Waals surface area contributed by atoms with Gasteiger partial charge in [-0.25, -0.2) is 9.97 Å². The normalized spacial score (nSPS) is 13.7. The molecule has 0 unspecified atom stereocenters. The fourth-order valence-corrected chi connectivity index (χ4v) is 1.15. The highest BCUT2D eigenvalue weighted by molar-refractivity contribution is 5.98. The van der Waals surface area contributed by atoms with Gasteiger partial charge >= 0.3 is 0 Å². The molecular formula is C12H17N3. The molecule has 1 aromatic rings. The van der Waals surface area contributed by atoms with Crippen LogP contribution in [0.2, 0.25) is 0 Å². The van der Waals surface area contributed by atoms with E-state index in [4.69, 9.17) is 0 Å². The molecule has 15 heavy (non-hydrogen) atoms. The summed E-state index contributed by atoms with van der Waals surface area (Å²) in [5, 5.41) is 0. The monoisotopic (exact) mass is 203 g/mol. The molecule has 1 rings (SSSR count). The zero-order valence-electron chi connectivity index (χ0n) is 9.78. The van der Waals surface area contributed by atoms with Gasteiger partial charge in [0.05, 0.1) is 0 Å². The Bertz CT molecular complexity index is 377. The van der Waals surface area contributed by atoms with Crippen LogP contribution in [-0.4, -0.2) is 15.7 Å². The minimum Gasteiger partial charge on any atom is -0.258 e. The van der Waals surface area contributed by atoms with Gasteiger partial charge in [0, 0.05) is 29.4 Å². The van der Waals surface area contributed by atoms with E-state index in [9.17, 15) is 0 Å². The first kappa shape index (κ1) is 11.6. The van der Waals surface area contributed by atoms with Gasteiger partial charge in [0.25, 0.3) is 0 Å². The molecule has 0 atom stereocenters. The van der Waals surface area contributed by atoms with Gasteiger partial charge in [0.15, 0.2) is 0 Å². The van der Waals surface area contributed by atoms with Crippen molar-refractivity contribution in [2.75, 3.05) is 0 Å². The van der Waals surface area contributed by atoms with E-state index >= 15 is 0 Å². The lowest BCUT2D eigenvalue weighted by Gasteiger charge is -2.02. The molecule has 0 saturated heterocycles. The molecule has 3 heteroatoms. The Labute approximate surface area is 91.0 Å². The SMILES string of the molecule is CC/C(C)=C(/C)N=C(C)c1cncnc1. The van der Waals surface area contributed by atoms with E-state index in [-0.39, 0.29) is 0 Å². The molecule has 1 aromatic heterocycles. The molecule has 0 bridgehead atoms. The standard InChI is InChI=1S/C12H17N3/c1-5-9(2)10(3)15-11(4)12-6-13-8-14-7-12/h6-8H,5H2,1-4H3/b10-9-,15-11?. The van der Waals surface area contributed by atoms with Crippen LogP contribution in [0.15, 0.2) is 35.0 Å². The zero-order valence-corrected chi connectivity index (χ0v) is 9.78. The molecule has 0 spiro atoms. The van der Waals surface area contributed by atoms with Crippen LogP contribution in [0.4, 0.5) is 0 Å². The first-order valence-corrected chi connectivity index (χ1v) is 5.12. The Morgan fingerprint density at radius 2 is 1.80 bits per heavy atom. The Balaban J connectivity index is 2.95. The number of rotatable bonds is 3. The predicted molar refractivity (Wildman–Crippen MR) is 62.9 cm³/mol. The summed E-state index contributed by atoms with van der Waals surface area (Å²) in [5.41, 5.74) is 4.33. The van der Waals surface area contributed by atoms with Crippen LogP contribution in [0, 0.1) is 0 Å². The van der Waals surface area contributed by atoms with E-state index in [0.29, 0.717) is 0 Å². The molecule has 3 nitrogen and oxygen atoms in total. The summed E-state index contributed by atoms with van der Waals surface area (Å²) in [6.45, 7) is 8.25. The van der Waals surface area contributed by atoms with Gasteiger partial charge in [-0.3, -0.25) is 4.99 Å². The van der Waals surface area contributed by atoms with E-state index in [1.807, 2.05) is 13.8 Å². The van der Waals surface area contributed by atoms with Gasteiger partial charge in [0.2, 0.25) is 0 Å². The second-order valence-corrected chi connectivity index (χ2v) is 3.54. The maximum absolute atomic E-state index is 4.53. The highest BCUT2D eigenvalue weighted by Gasteiger charge is 1.98. The summed E-state index contributed by atoms with van der Waals surface area (Å²) in [6.07, 6.45) is 6.12. The van der Waals surface area contributed by atoms with Crippen LogP contribution in [0.3, 0.4) is 0 Å². The number of nitrogens with zero attached hydrogens (tertiary/aromatic N) is 3. The Hall–Kier alpha value is -1.51. The van der Waals surface area contributed by atoms with Crippen LogP contribution >= 0.6 is 0 Å². The smallest absolute Gasteiger partial charge is 0.115 e. The molecule has 0 radical (unpaired) electrons. The van der Waals surface area contributed by atoms with Crippen molar-refractivity contribution in [3.8, 4) is 0 Å². The largest absolute Gasteiger partial charge is 0.258 e. The maximum Gasteiger partial charge on any atom is 0.115 e. The van der Waals surface area contributed by atoms with Gasteiger partial charge in [-0.2, -0.15) is 0 Å². The van der Waals surface area contributed by atoms with E-state index in [1.54, 1.807) is 12.4 Å². The van der Waals surface area contributed by atoms with Crippen molar-refractivity contribution in [2.24, 2.45) is 4.99 Å². The lowest BCUT2D eigenvalue weighted by molar-refractivity contribution is 1.04. The van der Waals surface area contributed by atoms with Crippen molar-refractivity contribution >= 4 is 5.71 Å². The van der Waals surface area contributed by atoms with Crippen molar-refractivity contribution in [1.82, 2.24) is 9.97 Å². The Kier molecular flexibility index (Phi) is 4.16. The first-order valence-electron chi connectivity index (χ1n) is 5.12. The van der Waals surface area contributed by atoms with E-state index in [0.717, 1.165) is 23.4 Å². The van der Waals surface area contributed by atoms with Gasteiger partial charge < -0.3 is 0 Å². The third-order valence-corrected chi connectivity index (χ3v) is 2.46. The number of hydrogen-bond donors (Lipinski definition) is 0. The van der Waals surface area contributed by atoms with Gasteiger partial charge in [-0.05, 0) is 27.2 Å². The second kappa shape index (κ2) is 5.39. The van der Waals surface area contributed by atoms with Crippen molar-refractivity contribution in [3.05, 3.63) is 35.6 Å². The van der Waals surface area contributed by atoms with Crippen molar-refractivity contribution in [2.45, 2.75) is 34.1 Å². The van der Waals surface area contributed by atoms with Crippen LogP contribution in [0.1, 0.15) is 39.7 Å². The first-order chi connectivity index (χ1) is 7.15. The van der Waals surface area contributed by atoms with Gasteiger partial charge in [-0.1, -0.05) is 12.5 Å². The van der Waals surface area contributed by atoms with Crippen LogP contribution in [0.25, 0.3) is 0 Å². The minimum absolute atomic E-state index is 0.959. The Morgan fingerprint density at radius 3 is 2.33 bits per heavy atom. The lowest BCUT2D eigenvalue weighted by Crippen LogP contribution is -1.97. The van der Waals surface area contributed by atoms with Crippen molar-refractivity contribution in [1.29, 1.82) is 0 Å². The quantitative estimate of drug-likeness (QED) is 0.708. The van der Waals surface area contributed by atoms with E-state index in [1.165, 1.54) is 11.9 Å². The second-order valence-electron chi connectivity index (χ2n) is 3.54. The average molecular weight is 203 g/mol. The maximum atomic E-state index is 4.53. The molecular weight excluding hydrogens is 186 g/mol. The molecule has 80 valence electrons. The van der Waals surface area contributed by atoms with E-state index in [2.05, 4.69) is 28.8 Å². The zero-order chi connectivity index (χ0) is 11.3. The fourth-order valence-electron chi connectivity index (χ4n) is 1.15. The minimum atomic E-state index is 0.959. The van der Waals surface area contributed by atoms with Crippen LogP contribution < -0.4 is 0 Å². The third-order valence-electron chi connectivity index (χ3n) is 2.46. The summed E-state index contributed by atoms with van der Waals surface area (Å²) in [7, 11) is 0. The summed E-state index contributed by atoms with van der Waals surface area (Å²) in [6, 6.07) is 0. The Morgan fingerprint density at radius 1 is 1.20 bits per heavy atom. The molecule has 0 fully saturated rings. The summed E-state index contributed by atoms with van der Waals surface area (Å²) in [4.78, 5) is 12.5. The lowest BCUT2D eigenvalue weighted by atomic mass is 10.2. The molecule has 0 aliphatic heterocycles. The van der Waals surface area contributed by atoms with Gasteiger partial charge in [-0.15, -0.1) is 0 Å². The third kappa shape index (κ3) is 3.27. The summed E-state index contributed by atoms with van der Waals surface area (Å²) >= 11 is 0. The molecule has 0 aliphatic carbocycles. The van der Waals surface area contributed by atoms with E-state index < -0.39 is 0 Å². The molecule has 1 heterocycles. The van der Waals surface area contributed by atoms with Gasteiger partial charge in [0.1, 0.15) is 6.33 Å². The molecule has 0 N–H and O–H groups in total. The number of aliphatic imine (C=N–C) groups is 1. The molecule has 0 amide bonds. The predicted octanol–water partition coefficient (Wildman–Crippen LogP) is 2.99. The fraction of sp³-hybridized carbons (Fsp3) is 0.417. The van der Waals surface area contributed by atoms with Crippen LogP contribution in [-0.2, 0) is 0 Å². The molecule has 0 aromatic carbocycles. The van der Waals surface area contributed by atoms with Crippen molar-refractivity contribution in [3.63, 3.8) is 0 Å². The van der Waals surface area contributed by atoms with Crippen molar-refractivity contribution < 1.29 is 0 Å². The summed E-state index contributed by atoms with van der Waals surface area (Å²) < 4.78 is 0. The average Bonchev–Trinajstić information content (AvgIpc) is 2.29. The number of allylic oxidation sites excluding steroid dienone is 2. The highest BCUT2D eigenvalue weighted by Crippen LogP contribution is 2.10. The number of aromatic nitrogens is 2. The topological polar surface area (TPSA) is 38.1 Å². The molecule has 0 saturated carbocycles. The van der Waals surface area contributed by atoms with Crippen LogP contribution in [0.5, 0.6) is 0 Å². The molecule has 0 aliphatic rings.